The maximum Gasteiger partial charge on any atom is 0.175 e. The monoisotopic (exact) mass is 466 g/mol. The fourth-order valence-electron chi connectivity index (χ4n) is 3.64. The number of carbonyl (C=O) groups is 2. The van der Waals surface area contributed by atoms with Crippen LogP contribution in [0.2, 0.25) is 0 Å². The fourth-order valence-corrected chi connectivity index (χ4v) is 5.13. The van der Waals surface area contributed by atoms with Gasteiger partial charge in [0.25, 0.3) is 0 Å². The van der Waals surface area contributed by atoms with Crippen molar-refractivity contribution in [3.05, 3.63) is 58.6 Å². The highest BCUT2D eigenvalue weighted by Gasteiger charge is 2.57. The van der Waals surface area contributed by atoms with E-state index in [1.54, 1.807) is 24.3 Å². The Bertz CT molecular complexity index is 840. The predicted molar refractivity (Wildman–Crippen MR) is 102 cm³/mol. The summed E-state index contributed by atoms with van der Waals surface area (Å²) in [7, 11) is 1.50. The average Bonchev–Trinajstić information content (AvgIpc) is 2.59. The van der Waals surface area contributed by atoms with Crippen molar-refractivity contribution in [1.82, 2.24) is 0 Å². The van der Waals surface area contributed by atoms with Gasteiger partial charge < -0.3 is 9.84 Å². The second-order valence-electron chi connectivity index (χ2n) is 6.01. The maximum absolute atomic E-state index is 13.0. The Morgan fingerprint density at radius 3 is 2.76 bits per heavy atom. The van der Waals surface area contributed by atoms with E-state index >= 15 is 0 Å². The van der Waals surface area contributed by atoms with Gasteiger partial charge in [0.05, 0.1) is 17.5 Å². The molecule has 0 aromatic heterocycles. The minimum atomic E-state index is -1.20. The molecule has 0 radical (unpaired) electrons. The average molecular weight is 468 g/mol. The van der Waals surface area contributed by atoms with Crippen molar-refractivity contribution in [3.63, 3.8) is 0 Å². The highest BCUT2D eigenvalue weighted by Crippen LogP contribution is 2.57. The number of alkyl halides is 1. The third-order valence-corrected chi connectivity index (χ3v) is 6.85. The van der Waals surface area contributed by atoms with Crippen molar-refractivity contribution in [2.45, 2.75) is 16.7 Å². The van der Waals surface area contributed by atoms with E-state index in [0.29, 0.717) is 17.7 Å². The van der Waals surface area contributed by atoms with Gasteiger partial charge in [-0.3, -0.25) is 9.59 Å². The van der Waals surface area contributed by atoms with Crippen LogP contribution in [-0.2, 0) is 9.59 Å². The minimum absolute atomic E-state index is 0.00504. The van der Waals surface area contributed by atoms with Gasteiger partial charge in [0.2, 0.25) is 0 Å². The van der Waals surface area contributed by atoms with Crippen LogP contribution in [0.4, 0.5) is 0 Å². The zero-order valence-corrected chi connectivity index (χ0v) is 16.6. The predicted octanol–water partition coefficient (Wildman–Crippen LogP) is 4.18. The van der Waals surface area contributed by atoms with E-state index < -0.39 is 16.2 Å². The number of ether oxygens (including phenoxy) is 1. The molecule has 0 fully saturated rings. The van der Waals surface area contributed by atoms with Crippen LogP contribution in [0.25, 0.3) is 0 Å². The Balaban J connectivity index is 2.31. The maximum atomic E-state index is 13.0. The number of benzene rings is 1. The molecule has 0 heterocycles. The van der Waals surface area contributed by atoms with Gasteiger partial charge in [-0.05, 0) is 40.1 Å². The summed E-state index contributed by atoms with van der Waals surface area (Å²) in [6.07, 6.45) is 5.26. The molecule has 3 rings (SSSR count). The summed E-state index contributed by atoms with van der Waals surface area (Å²) in [4.78, 5) is 25.6. The summed E-state index contributed by atoms with van der Waals surface area (Å²) < 4.78 is 4.49. The number of ketones is 2. The molecule has 0 unspecified atom stereocenters. The van der Waals surface area contributed by atoms with Crippen molar-refractivity contribution in [3.8, 4) is 11.5 Å². The third-order valence-electron chi connectivity index (χ3n) is 4.82. The SMILES string of the molecule is C=CC1=CC[C@H]2C(=O)C(Br)=CC(=O)[C@@]2(Br)[C@H]1c1c(O)cccc1OC. The number of phenolic OH excluding ortho intramolecular Hbond substituents is 1. The van der Waals surface area contributed by atoms with Crippen molar-refractivity contribution >= 4 is 43.4 Å². The summed E-state index contributed by atoms with van der Waals surface area (Å²) in [6.45, 7) is 3.84. The number of hydrogen-bond acceptors (Lipinski definition) is 4. The molecule has 0 saturated heterocycles. The van der Waals surface area contributed by atoms with E-state index in [-0.39, 0.29) is 21.8 Å². The number of aromatic hydroxyl groups is 1. The molecule has 0 aliphatic heterocycles. The molecule has 2 aliphatic carbocycles. The van der Waals surface area contributed by atoms with Gasteiger partial charge in [-0.15, -0.1) is 0 Å². The standard InChI is InChI=1S/C19H16Br2O4/c1-3-10-7-8-11-18(24)12(20)9-15(23)19(11,21)17(10)16-13(22)5-4-6-14(16)25-2/h3-7,9,11,17,22H,1,8H2,2H3/t11-,17+,19+/m0/s1. The van der Waals surface area contributed by atoms with Crippen molar-refractivity contribution < 1.29 is 19.4 Å². The molecule has 1 N–H and O–H groups in total. The molecule has 4 nitrogen and oxygen atoms in total. The molecule has 0 spiro atoms. The minimum Gasteiger partial charge on any atom is -0.508 e. The van der Waals surface area contributed by atoms with Crippen molar-refractivity contribution in [2.75, 3.05) is 7.11 Å². The van der Waals surface area contributed by atoms with Gasteiger partial charge in [0.1, 0.15) is 15.8 Å². The van der Waals surface area contributed by atoms with E-state index in [0.717, 1.165) is 5.57 Å². The zero-order valence-electron chi connectivity index (χ0n) is 13.5. The van der Waals surface area contributed by atoms with Gasteiger partial charge in [0, 0.05) is 17.6 Å². The quantitative estimate of drug-likeness (QED) is 0.677. The number of phenols is 1. The van der Waals surface area contributed by atoms with Crippen LogP contribution in [0, 0.1) is 5.92 Å². The number of methoxy groups -OCH3 is 1. The molecule has 1 aromatic carbocycles. The molecule has 2 aliphatic rings. The molecular weight excluding hydrogens is 452 g/mol. The van der Waals surface area contributed by atoms with Gasteiger partial charge in [-0.1, -0.05) is 40.7 Å². The molecule has 0 saturated carbocycles. The van der Waals surface area contributed by atoms with Crippen LogP contribution in [0.15, 0.2) is 53.1 Å². The lowest BCUT2D eigenvalue weighted by atomic mass is 9.63. The molecule has 1 aromatic rings. The smallest absolute Gasteiger partial charge is 0.175 e. The Kier molecular flexibility index (Phi) is 4.77. The Labute approximate surface area is 162 Å². The van der Waals surface area contributed by atoms with E-state index in [9.17, 15) is 14.7 Å². The second kappa shape index (κ2) is 6.57. The van der Waals surface area contributed by atoms with Crippen LogP contribution < -0.4 is 4.74 Å². The first kappa shape index (κ1) is 18.1. The molecule has 25 heavy (non-hydrogen) atoms. The Morgan fingerprint density at radius 1 is 1.40 bits per heavy atom. The van der Waals surface area contributed by atoms with Gasteiger partial charge in [0.15, 0.2) is 11.6 Å². The topological polar surface area (TPSA) is 63.6 Å². The number of carbonyl (C=O) groups excluding carboxylic acids is 2. The summed E-state index contributed by atoms with van der Waals surface area (Å²) in [5.74, 6) is -1.11. The number of halogens is 2. The first-order chi connectivity index (χ1) is 11.9. The lowest BCUT2D eigenvalue weighted by Crippen LogP contribution is -2.52. The van der Waals surface area contributed by atoms with Crippen molar-refractivity contribution in [2.24, 2.45) is 5.92 Å². The van der Waals surface area contributed by atoms with Gasteiger partial charge in [-0.25, -0.2) is 0 Å². The number of rotatable bonds is 3. The summed E-state index contributed by atoms with van der Waals surface area (Å²) >= 11 is 6.78. The third kappa shape index (κ3) is 2.62. The molecule has 0 amide bonds. The first-order valence-corrected chi connectivity index (χ1v) is 9.28. The number of fused-ring (bicyclic) bond motifs is 1. The first-order valence-electron chi connectivity index (χ1n) is 7.69. The van der Waals surface area contributed by atoms with E-state index in [1.807, 2.05) is 6.08 Å². The molecule has 6 heteroatoms. The lowest BCUT2D eigenvalue weighted by Gasteiger charge is -2.45. The van der Waals surface area contributed by atoms with Crippen LogP contribution in [0.5, 0.6) is 11.5 Å². The lowest BCUT2D eigenvalue weighted by molar-refractivity contribution is -0.127. The van der Waals surface area contributed by atoms with E-state index in [4.69, 9.17) is 4.74 Å². The Hall–Kier alpha value is -1.66. The number of allylic oxidation sites excluding steroid dienone is 5. The van der Waals surface area contributed by atoms with Crippen LogP contribution in [-0.4, -0.2) is 28.1 Å². The number of Topliss-reactive ketones (excluding diaryl/α,β-unsaturated/α-hetero) is 1. The van der Waals surface area contributed by atoms with E-state index in [1.165, 1.54) is 13.2 Å². The fraction of sp³-hybridized carbons (Fsp3) is 0.263. The molecular formula is C19H16Br2O4. The van der Waals surface area contributed by atoms with Crippen LogP contribution in [0.3, 0.4) is 0 Å². The van der Waals surface area contributed by atoms with Crippen molar-refractivity contribution in [1.29, 1.82) is 0 Å². The van der Waals surface area contributed by atoms with Gasteiger partial charge >= 0.3 is 0 Å². The second-order valence-corrected chi connectivity index (χ2v) is 8.18. The van der Waals surface area contributed by atoms with Crippen LogP contribution in [0.1, 0.15) is 17.9 Å². The highest BCUT2D eigenvalue weighted by atomic mass is 79.9. The normalized spacial score (nSPS) is 28.8. The highest BCUT2D eigenvalue weighted by molar-refractivity contribution is 9.12. The Morgan fingerprint density at radius 2 is 2.12 bits per heavy atom. The van der Waals surface area contributed by atoms with Crippen LogP contribution >= 0.6 is 31.9 Å². The summed E-state index contributed by atoms with van der Waals surface area (Å²) in [6, 6.07) is 4.93. The molecule has 0 bridgehead atoms. The zero-order chi connectivity index (χ0) is 18.4. The molecule has 3 atom stereocenters. The summed E-state index contributed by atoms with van der Waals surface area (Å²) in [5, 5.41) is 10.5. The van der Waals surface area contributed by atoms with Gasteiger partial charge in [-0.2, -0.15) is 0 Å². The largest absolute Gasteiger partial charge is 0.508 e. The summed E-state index contributed by atoms with van der Waals surface area (Å²) in [5.41, 5.74) is 1.23. The molecule has 130 valence electrons. The van der Waals surface area contributed by atoms with E-state index in [2.05, 4.69) is 38.4 Å². The number of hydrogen-bond donors (Lipinski definition) is 1.